The quantitative estimate of drug-likeness (QED) is 0.435. The van der Waals surface area contributed by atoms with Crippen molar-refractivity contribution in [2.45, 2.75) is 57.5 Å². The summed E-state index contributed by atoms with van der Waals surface area (Å²) in [6, 6.07) is 5.75. The van der Waals surface area contributed by atoms with Crippen molar-refractivity contribution in [3.63, 3.8) is 0 Å². The predicted octanol–water partition coefficient (Wildman–Crippen LogP) is 2.92. The maximum Gasteiger partial charge on any atom is 0.305 e. The van der Waals surface area contributed by atoms with Crippen LogP contribution >= 0.6 is 0 Å². The molecule has 0 amide bonds. The van der Waals surface area contributed by atoms with E-state index >= 15 is 0 Å². The molecule has 1 saturated heterocycles. The third-order valence-electron chi connectivity index (χ3n) is 4.70. The second-order valence-corrected chi connectivity index (χ2v) is 6.89. The monoisotopic (exact) mass is 362 g/mol. The van der Waals surface area contributed by atoms with E-state index in [0.29, 0.717) is 13.0 Å². The highest BCUT2D eigenvalue weighted by atomic mass is 16.7. The van der Waals surface area contributed by atoms with Crippen molar-refractivity contribution in [2.24, 2.45) is 11.7 Å². The van der Waals surface area contributed by atoms with Crippen LogP contribution in [0.1, 0.15) is 45.2 Å². The van der Waals surface area contributed by atoms with Gasteiger partial charge in [0.1, 0.15) is 0 Å². The Morgan fingerprint density at radius 1 is 1.46 bits per heavy atom. The first-order valence-corrected chi connectivity index (χ1v) is 9.14. The van der Waals surface area contributed by atoms with Crippen molar-refractivity contribution in [1.29, 1.82) is 0 Å². The predicted molar refractivity (Wildman–Crippen MR) is 99.2 cm³/mol. The van der Waals surface area contributed by atoms with Gasteiger partial charge in [-0.25, -0.2) is 0 Å². The van der Waals surface area contributed by atoms with E-state index in [0.717, 1.165) is 25.0 Å². The van der Waals surface area contributed by atoms with Crippen molar-refractivity contribution < 1.29 is 19.0 Å². The lowest BCUT2D eigenvalue weighted by Crippen LogP contribution is -2.55. The highest BCUT2D eigenvalue weighted by Gasteiger charge is 2.42. The lowest BCUT2D eigenvalue weighted by molar-refractivity contribution is -0.243. The minimum absolute atomic E-state index is 0.139. The average Bonchev–Trinajstić information content (AvgIpc) is 2.65. The number of allylic oxidation sites excluding steroid dienone is 2. The molecule has 26 heavy (non-hydrogen) atoms. The largest absolute Gasteiger partial charge is 0.469 e. The highest BCUT2D eigenvalue weighted by molar-refractivity contribution is 5.69. The Morgan fingerprint density at radius 3 is 2.96 bits per heavy atom. The standard InChI is InChI=1S/C20H30N2O4/c1-15-25-14-16(10-6-4-5-7-12-18(23)24-3)19(26-15)20(2,21)17-11-8-9-13-22-17/h4,6,8-9,11,13,15-16,19H,5,7,10,12,14,21H2,1-3H3/b6-4-/t15-,16+,19-,20?/m1/s1. The van der Waals surface area contributed by atoms with Crippen LogP contribution in [0.5, 0.6) is 0 Å². The fraction of sp³-hybridized carbons (Fsp3) is 0.600. The molecule has 144 valence electrons. The van der Waals surface area contributed by atoms with Gasteiger partial charge in [0.25, 0.3) is 0 Å². The summed E-state index contributed by atoms with van der Waals surface area (Å²) < 4.78 is 16.4. The average molecular weight is 362 g/mol. The van der Waals surface area contributed by atoms with E-state index in [4.69, 9.17) is 15.2 Å². The lowest BCUT2D eigenvalue weighted by Gasteiger charge is -2.43. The molecule has 4 atom stereocenters. The van der Waals surface area contributed by atoms with E-state index in [2.05, 4.69) is 21.9 Å². The fourth-order valence-corrected chi connectivity index (χ4v) is 3.21. The molecule has 1 fully saturated rings. The van der Waals surface area contributed by atoms with Crippen LogP contribution in [-0.2, 0) is 24.5 Å². The number of carbonyl (C=O) groups is 1. The number of esters is 1. The maximum absolute atomic E-state index is 11.1. The molecule has 0 saturated carbocycles. The number of nitrogens with two attached hydrogens (primary N) is 1. The van der Waals surface area contributed by atoms with Crippen molar-refractivity contribution >= 4 is 5.97 Å². The third kappa shape index (κ3) is 5.62. The molecule has 1 aliphatic rings. The summed E-state index contributed by atoms with van der Waals surface area (Å²) in [6.45, 7) is 4.45. The number of aromatic nitrogens is 1. The molecule has 0 aromatic carbocycles. The molecule has 0 aliphatic carbocycles. The van der Waals surface area contributed by atoms with E-state index < -0.39 is 5.54 Å². The van der Waals surface area contributed by atoms with E-state index in [-0.39, 0.29) is 24.3 Å². The number of hydrogen-bond donors (Lipinski definition) is 1. The topological polar surface area (TPSA) is 83.7 Å². The Kier molecular flexibility index (Phi) is 7.75. The van der Waals surface area contributed by atoms with E-state index in [1.54, 1.807) is 6.20 Å². The Bertz CT molecular complexity index is 589. The van der Waals surface area contributed by atoms with E-state index in [1.165, 1.54) is 7.11 Å². The zero-order valence-corrected chi connectivity index (χ0v) is 15.9. The van der Waals surface area contributed by atoms with Crippen LogP contribution in [0.4, 0.5) is 0 Å². The molecule has 1 aromatic rings. The van der Waals surface area contributed by atoms with Gasteiger partial charge in [-0.1, -0.05) is 18.2 Å². The smallest absolute Gasteiger partial charge is 0.305 e. The minimum atomic E-state index is -0.706. The van der Waals surface area contributed by atoms with Crippen LogP contribution < -0.4 is 5.73 Å². The van der Waals surface area contributed by atoms with Gasteiger partial charge < -0.3 is 19.9 Å². The molecular formula is C20H30N2O4. The first kappa shape index (κ1) is 20.6. The molecule has 1 unspecified atom stereocenters. The van der Waals surface area contributed by atoms with Crippen molar-refractivity contribution in [3.05, 3.63) is 42.2 Å². The molecule has 6 heteroatoms. The van der Waals surface area contributed by atoms with Gasteiger partial charge >= 0.3 is 5.97 Å². The van der Waals surface area contributed by atoms with Gasteiger partial charge in [-0.2, -0.15) is 0 Å². The number of pyridine rings is 1. The van der Waals surface area contributed by atoms with Gasteiger partial charge in [0.2, 0.25) is 0 Å². The normalized spacial score (nSPS) is 25.8. The highest BCUT2D eigenvalue weighted by Crippen LogP contribution is 2.33. The van der Waals surface area contributed by atoms with E-state index in [9.17, 15) is 4.79 Å². The second-order valence-electron chi connectivity index (χ2n) is 6.89. The van der Waals surface area contributed by atoms with Crippen LogP contribution in [0, 0.1) is 5.92 Å². The van der Waals surface area contributed by atoms with Crippen LogP contribution in [0.15, 0.2) is 36.5 Å². The molecule has 0 radical (unpaired) electrons. The Labute approximate surface area is 155 Å². The van der Waals surface area contributed by atoms with Gasteiger partial charge in [-0.15, -0.1) is 0 Å². The fourth-order valence-electron chi connectivity index (χ4n) is 3.21. The Balaban J connectivity index is 1.96. The SMILES string of the molecule is COC(=O)CCC/C=C\C[C@H]1CO[C@@H](C)O[C@H]1C(C)(N)c1ccccn1. The molecule has 0 bridgehead atoms. The number of ether oxygens (including phenoxy) is 3. The molecule has 1 aliphatic heterocycles. The number of nitrogens with zero attached hydrogens (tertiary/aromatic N) is 1. The number of rotatable bonds is 8. The van der Waals surface area contributed by atoms with Gasteiger partial charge in [0.05, 0.1) is 31.1 Å². The molecule has 1 aromatic heterocycles. The van der Waals surface area contributed by atoms with Crippen molar-refractivity contribution in [3.8, 4) is 0 Å². The third-order valence-corrected chi connectivity index (χ3v) is 4.70. The van der Waals surface area contributed by atoms with Gasteiger partial charge in [0, 0.05) is 18.5 Å². The Morgan fingerprint density at radius 2 is 2.27 bits per heavy atom. The van der Waals surface area contributed by atoms with Gasteiger partial charge in [-0.3, -0.25) is 9.78 Å². The van der Waals surface area contributed by atoms with Crippen LogP contribution in [-0.4, -0.2) is 37.1 Å². The first-order chi connectivity index (χ1) is 12.4. The van der Waals surface area contributed by atoms with Crippen molar-refractivity contribution in [2.75, 3.05) is 13.7 Å². The number of carbonyl (C=O) groups excluding carboxylic acids is 1. The molecule has 2 rings (SSSR count). The van der Waals surface area contributed by atoms with Gasteiger partial charge in [0.15, 0.2) is 6.29 Å². The molecule has 2 heterocycles. The first-order valence-electron chi connectivity index (χ1n) is 9.14. The van der Waals surface area contributed by atoms with E-state index in [1.807, 2.05) is 32.0 Å². The summed E-state index contributed by atoms with van der Waals surface area (Å²) in [5.74, 6) is -0.0316. The lowest BCUT2D eigenvalue weighted by atomic mass is 9.81. The van der Waals surface area contributed by atoms with Crippen LogP contribution in [0.3, 0.4) is 0 Å². The summed E-state index contributed by atoms with van der Waals surface area (Å²) in [7, 11) is 1.41. The molecule has 6 nitrogen and oxygen atoms in total. The number of methoxy groups -OCH3 is 1. The zero-order valence-electron chi connectivity index (χ0n) is 15.9. The second kappa shape index (κ2) is 9.80. The summed E-state index contributed by atoms with van der Waals surface area (Å²) in [5, 5.41) is 0. The molecule has 2 N–H and O–H groups in total. The van der Waals surface area contributed by atoms with Crippen LogP contribution in [0.2, 0.25) is 0 Å². The summed E-state index contributed by atoms with van der Waals surface area (Å²) >= 11 is 0. The zero-order chi connectivity index (χ0) is 19.0. The summed E-state index contributed by atoms with van der Waals surface area (Å²) in [6.07, 6.45) is 8.34. The number of unbranched alkanes of at least 4 members (excludes halogenated alkanes) is 1. The Hall–Kier alpha value is -1.76. The van der Waals surface area contributed by atoms with Crippen molar-refractivity contribution in [1.82, 2.24) is 4.98 Å². The summed E-state index contributed by atoms with van der Waals surface area (Å²) in [4.78, 5) is 15.5. The van der Waals surface area contributed by atoms with Crippen LogP contribution in [0.25, 0.3) is 0 Å². The maximum atomic E-state index is 11.1. The molecule has 0 spiro atoms. The molecular weight excluding hydrogens is 332 g/mol. The minimum Gasteiger partial charge on any atom is -0.469 e. The summed E-state index contributed by atoms with van der Waals surface area (Å²) in [5.41, 5.74) is 6.75. The number of hydrogen-bond acceptors (Lipinski definition) is 6. The van der Waals surface area contributed by atoms with Gasteiger partial charge in [-0.05, 0) is 45.2 Å².